The van der Waals surface area contributed by atoms with Crippen molar-refractivity contribution in [3.63, 3.8) is 0 Å². The lowest BCUT2D eigenvalue weighted by Crippen LogP contribution is -2.54. The summed E-state index contributed by atoms with van der Waals surface area (Å²) in [7, 11) is 1.71. The van der Waals surface area contributed by atoms with Gasteiger partial charge in [-0.2, -0.15) is 5.10 Å². The summed E-state index contributed by atoms with van der Waals surface area (Å²) in [5.41, 5.74) is 1.45. The number of hydrogen-bond donors (Lipinski definition) is 1. The Balaban J connectivity index is 1.74. The molecule has 0 unspecified atom stereocenters. The number of aromatic nitrogens is 2. The fraction of sp³-hybridized carbons (Fsp3) is 0.0909. The topological polar surface area (TPSA) is 76.5 Å². The van der Waals surface area contributed by atoms with Crippen LogP contribution in [-0.4, -0.2) is 26.7 Å². The normalized spacial score (nSPS) is 15.3. The van der Waals surface area contributed by atoms with E-state index in [2.05, 4.69) is 10.4 Å². The summed E-state index contributed by atoms with van der Waals surface area (Å²) < 4.78 is 7.50. The largest absolute Gasteiger partial charge is 0.439 e. The van der Waals surface area contributed by atoms with Gasteiger partial charge in [-0.1, -0.05) is 23.2 Å². The number of ether oxygens (including phenoxy) is 1. The van der Waals surface area contributed by atoms with Crippen LogP contribution in [0.2, 0.25) is 10.0 Å². The average Bonchev–Trinajstić information content (AvgIpc) is 3.00. The third-order valence-electron chi connectivity index (χ3n) is 4.72. The SMILES string of the molecule is Cc1nn(C)c(Oc2ccc(Cl)cc2)c1C=C1C(=O)NC(=S)N(c2ccc(Cl)cc2)C1=O. The molecule has 3 aromatic rings. The van der Waals surface area contributed by atoms with E-state index in [0.29, 0.717) is 38.6 Å². The van der Waals surface area contributed by atoms with E-state index >= 15 is 0 Å². The Labute approximate surface area is 199 Å². The number of anilines is 1. The Morgan fingerprint density at radius 2 is 1.62 bits per heavy atom. The summed E-state index contributed by atoms with van der Waals surface area (Å²) in [5.74, 6) is -0.280. The zero-order valence-corrected chi connectivity index (χ0v) is 19.3. The molecule has 1 N–H and O–H groups in total. The van der Waals surface area contributed by atoms with E-state index < -0.39 is 11.8 Å². The van der Waals surface area contributed by atoms with E-state index in [0.717, 1.165) is 0 Å². The van der Waals surface area contributed by atoms with Crippen LogP contribution in [0.15, 0.2) is 54.1 Å². The van der Waals surface area contributed by atoms with Crippen LogP contribution in [-0.2, 0) is 16.6 Å². The van der Waals surface area contributed by atoms with Crippen LogP contribution >= 0.6 is 35.4 Å². The number of aryl methyl sites for hydroxylation is 2. The Kier molecular flexibility index (Phi) is 6.01. The molecule has 2 aromatic carbocycles. The van der Waals surface area contributed by atoms with E-state index in [1.807, 2.05) is 0 Å². The quantitative estimate of drug-likeness (QED) is 0.329. The lowest BCUT2D eigenvalue weighted by Gasteiger charge is -2.28. The van der Waals surface area contributed by atoms with Gasteiger partial charge in [-0.25, -0.2) is 4.68 Å². The molecule has 1 fully saturated rings. The Hall–Kier alpha value is -3.20. The lowest BCUT2D eigenvalue weighted by molar-refractivity contribution is -0.122. The zero-order valence-electron chi connectivity index (χ0n) is 16.9. The van der Waals surface area contributed by atoms with Gasteiger partial charge in [-0.15, -0.1) is 0 Å². The molecule has 7 nitrogen and oxygen atoms in total. The molecule has 1 saturated heterocycles. The standard InChI is InChI=1S/C22H16Cl2N4O3S/c1-12-17(21(27(2)26-12)31-16-9-5-14(24)6-10-16)11-18-19(29)25-22(32)28(20(18)30)15-7-3-13(23)4-8-15/h3-11H,1-2H3,(H,25,29,32). The predicted molar refractivity (Wildman–Crippen MR) is 127 cm³/mol. The molecule has 0 radical (unpaired) electrons. The number of carbonyl (C=O) groups excluding carboxylic acids is 2. The molecule has 2 heterocycles. The molecule has 2 amide bonds. The van der Waals surface area contributed by atoms with E-state index in [1.165, 1.54) is 15.7 Å². The highest BCUT2D eigenvalue weighted by Gasteiger charge is 2.35. The number of nitrogens with one attached hydrogen (secondary N) is 1. The molecule has 0 bridgehead atoms. The first-order chi connectivity index (χ1) is 15.2. The average molecular weight is 487 g/mol. The van der Waals surface area contributed by atoms with Crippen LogP contribution in [0.3, 0.4) is 0 Å². The number of hydrogen-bond acceptors (Lipinski definition) is 5. The molecule has 0 saturated carbocycles. The maximum atomic E-state index is 13.3. The fourth-order valence-corrected chi connectivity index (χ4v) is 3.71. The monoisotopic (exact) mass is 486 g/mol. The Morgan fingerprint density at radius 1 is 1.03 bits per heavy atom. The minimum atomic E-state index is -0.606. The third-order valence-corrected chi connectivity index (χ3v) is 5.51. The van der Waals surface area contributed by atoms with Crippen LogP contribution in [0, 0.1) is 6.92 Å². The zero-order chi connectivity index (χ0) is 23.0. The molecule has 0 spiro atoms. The molecule has 10 heteroatoms. The van der Waals surface area contributed by atoms with Gasteiger partial charge >= 0.3 is 0 Å². The summed E-state index contributed by atoms with van der Waals surface area (Å²) in [6.45, 7) is 1.76. The predicted octanol–water partition coefficient (Wildman–Crippen LogP) is 4.66. The fourth-order valence-electron chi connectivity index (χ4n) is 3.18. The minimum Gasteiger partial charge on any atom is -0.439 e. The van der Waals surface area contributed by atoms with Gasteiger partial charge in [0.25, 0.3) is 11.8 Å². The van der Waals surface area contributed by atoms with Crippen molar-refractivity contribution in [1.82, 2.24) is 15.1 Å². The molecule has 1 aliphatic heterocycles. The maximum Gasteiger partial charge on any atom is 0.270 e. The van der Waals surface area contributed by atoms with Gasteiger partial charge in [-0.05, 0) is 73.7 Å². The van der Waals surface area contributed by atoms with Gasteiger partial charge in [0.15, 0.2) is 5.11 Å². The van der Waals surface area contributed by atoms with Crippen LogP contribution in [0.4, 0.5) is 5.69 Å². The minimum absolute atomic E-state index is 0.0139. The number of nitrogens with zero attached hydrogens (tertiary/aromatic N) is 3. The molecule has 0 aliphatic carbocycles. The highest BCUT2D eigenvalue weighted by Crippen LogP contribution is 2.31. The first-order valence-corrected chi connectivity index (χ1v) is 10.5. The van der Waals surface area contributed by atoms with Gasteiger partial charge in [0, 0.05) is 17.1 Å². The molecule has 4 rings (SSSR count). The van der Waals surface area contributed by atoms with Crippen molar-refractivity contribution >= 4 is 64.1 Å². The number of rotatable bonds is 4. The van der Waals surface area contributed by atoms with Crippen LogP contribution in [0.25, 0.3) is 6.08 Å². The van der Waals surface area contributed by atoms with Crippen molar-refractivity contribution in [2.75, 3.05) is 4.90 Å². The lowest BCUT2D eigenvalue weighted by atomic mass is 10.1. The second kappa shape index (κ2) is 8.74. The van der Waals surface area contributed by atoms with Crippen molar-refractivity contribution < 1.29 is 14.3 Å². The number of carbonyl (C=O) groups is 2. The summed E-state index contributed by atoms with van der Waals surface area (Å²) in [6, 6.07) is 13.4. The summed E-state index contributed by atoms with van der Waals surface area (Å²) in [6.07, 6.45) is 1.45. The number of benzene rings is 2. The Morgan fingerprint density at radius 3 is 2.25 bits per heavy atom. The van der Waals surface area contributed by atoms with E-state index in [9.17, 15) is 9.59 Å². The van der Waals surface area contributed by atoms with Gasteiger partial charge in [-0.3, -0.25) is 19.8 Å². The van der Waals surface area contributed by atoms with E-state index in [-0.39, 0.29) is 10.7 Å². The molecule has 1 aromatic heterocycles. The smallest absolute Gasteiger partial charge is 0.270 e. The van der Waals surface area contributed by atoms with Crippen molar-refractivity contribution in [3.8, 4) is 11.6 Å². The maximum absolute atomic E-state index is 13.3. The van der Waals surface area contributed by atoms with Gasteiger partial charge in [0.2, 0.25) is 5.88 Å². The second-order valence-electron chi connectivity index (χ2n) is 6.92. The van der Waals surface area contributed by atoms with Crippen molar-refractivity contribution in [2.45, 2.75) is 6.92 Å². The van der Waals surface area contributed by atoms with Crippen LogP contribution in [0.1, 0.15) is 11.3 Å². The van der Waals surface area contributed by atoms with E-state index in [1.54, 1.807) is 62.5 Å². The second-order valence-corrected chi connectivity index (χ2v) is 8.18. The number of thiocarbonyl (C=S) groups is 1. The number of halogens is 2. The highest BCUT2D eigenvalue weighted by atomic mass is 35.5. The van der Waals surface area contributed by atoms with E-state index in [4.69, 9.17) is 40.2 Å². The van der Waals surface area contributed by atoms with Gasteiger partial charge in [0.05, 0.1) is 16.9 Å². The Bertz CT molecular complexity index is 1270. The number of amides is 2. The summed E-state index contributed by atoms with van der Waals surface area (Å²) in [4.78, 5) is 27.2. The van der Waals surface area contributed by atoms with Crippen LogP contribution in [0.5, 0.6) is 11.6 Å². The first-order valence-electron chi connectivity index (χ1n) is 9.38. The van der Waals surface area contributed by atoms with Crippen molar-refractivity contribution in [3.05, 3.63) is 75.4 Å². The van der Waals surface area contributed by atoms with Crippen molar-refractivity contribution in [1.29, 1.82) is 0 Å². The van der Waals surface area contributed by atoms with Crippen molar-refractivity contribution in [2.24, 2.45) is 7.05 Å². The summed E-state index contributed by atoms with van der Waals surface area (Å²) >= 11 is 17.1. The molecule has 1 aliphatic rings. The highest BCUT2D eigenvalue weighted by molar-refractivity contribution is 7.80. The summed E-state index contributed by atoms with van der Waals surface area (Å²) in [5, 5.41) is 8.00. The van der Waals surface area contributed by atoms with Crippen LogP contribution < -0.4 is 15.0 Å². The molecule has 32 heavy (non-hydrogen) atoms. The van der Waals surface area contributed by atoms with Gasteiger partial charge < -0.3 is 4.74 Å². The first kappa shape index (κ1) is 22.0. The molecule has 162 valence electrons. The molecular weight excluding hydrogens is 471 g/mol. The van der Waals surface area contributed by atoms with Gasteiger partial charge in [0.1, 0.15) is 11.3 Å². The third kappa shape index (κ3) is 4.25. The molecular formula is C22H16Cl2N4O3S. The molecule has 0 atom stereocenters.